The second-order valence-corrected chi connectivity index (χ2v) is 5.21. The van der Waals surface area contributed by atoms with Gasteiger partial charge in [-0.2, -0.15) is 0 Å². The first-order valence-corrected chi connectivity index (χ1v) is 7.11. The van der Waals surface area contributed by atoms with Crippen LogP contribution >= 0.6 is 24.0 Å². The average Bonchev–Trinajstić information content (AvgIpc) is 2.43. The van der Waals surface area contributed by atoms with E-state index in [4.69, 9.17) is 16.7 Å². The average molecular weight is 323 g/mol. The number of rotatable bonds is 5. The number of hydrogen-bond acceptors (Lipinski definition) is 3. The summed E-state index contributed by atoms with van der Waals surface area (Å²) in [4.78, 5) is 2.25. The van der Waals surface area contributed by atoms with Crippen LogP contribution in [0.5, 0.6) is 0 Å². The number of aliphatic hydroxyl groups excluding tert-OH is 1. The van der Waals surface area contributed by atoms with Gasteiger partial charge in [0.2, 0.25) is 0 Å². The number of halogens is 3. The Labute approximate surface area is 130 Å². The predicted octanol–water partition coefficient (Wildman–Crippen LogP) is 2.62. The van der Waals surface area contributed by atoms with E-state index >= 15 is 0 Å². The largest absolute Gasteiger partial charge is 0.396 e. The zero-order valence-corrected chi connectivity index (χ0v) is 12.9. The van der Waals surface area contributed by atoms with Crippen LogP contribution in [0.15, 0.2) is 18.2 Å². The van der Waals surface area contributed by atoms with Crippen LogP contribution in [0, 0.1) is 5.82 Å². The quantitative estimate of drug-likeness (QED) is 0.874. The molecule has 1 aromatic carbocycles. The van der Waals surface area contributed by atoms with E-state index < -0.39 is 0 Å². The normalized spacial score (nSPS) is 17.6. The SMILES string of the molecule is Cl.OCCC[C@@H](c1c(F)cccc1Cl)N1CCNCC1. The van der Waals surface area contributed by atoms with E-state index in [1.165, 1.54) is 6.07 Å². The Morgan fingerprint density at radius 2 is 2.05 bits per heavy atom. The van der Waals surface area contributed by atoms with Gasteiger partial charge in [0.05, 0.1) is 0 Å². The molecule has 2 N–H and O–H groups in total. The van der Waals surface area contributed by atoms with Crippen LogP contribution in [0.3, 0.4) is 0 Å². The molecular weight excluding hydrogens is 302 g/mol. The molecule has 0 saturated carbocycles. The summed E-state index contributed by atoms with van der Waals surface area (Å²) in [5.74, 6) is -0.256. The fourth-order valence-corrected chi connectivity index (χ4v) is 2.91. The molecule has 0 aliphatic carbocycles. The van der Waals surface area contributed by atoms with Gasteiger partial charge in [-0.1, -0.05) is 17.7 Å². The fraction of sp³-hybridized carbons (Fsp3) is 0.571. The van der Waals surface area contributed by atoms with Crippen LogP contribution in [0.25, 0.3) is 0 Å². The molecule has 1 aliphatic heterocycles. The van der Waals surface area contributed by atoms with Gasteiger partial charge in [0.1, 0.15) is 5.82 Å². The third-order valence-electron chi connectivity index (χ3n) is 3.56. The van der Waals surface area contributed by atoms with Crippen molar-refractivity contribution in [1.82, 2.24) is 10.2 Å². The first-order valence-electron chi connectivity index (χ1n) is 6.73. The molecule has 20 heavy (non-hydrogen) atoms. The molecular formula is C14H21Cl2FN2O. The maximum Gasteiger partial charge on any atom is 0.129 e. The van der Waals surface area contributed by atoms with Gasteiger partial charge in [-0.25, -0.2) is 4.39 Å². The number of aliphatic hydroxyl groups is 1. The van der Waals surface area contributed by atoms with E-state index in [1.807, 2.05) is 0 Å². The summed E-state index contributed by atoms with van der Waals surface area (Å²) in [7, 11) is 0. The third-order valence-corrected chi connectivity index (χ3v) is 3.89. The van der Waals surface area contributed by atoms with E-state index in [-0.39, 0.29) is 30.9 Å². The van der Waals surface area contributed by atoms with Gasteiger partial charge >= 0.3 is 0 Å². The number of hydrogen-bond donors (Lipinski definition) is 2. The maximum atomic E-state index is 14.1. The van der Waals surface area contributed by atoms with Gasteiger partial charge in [-0.15, -0.1) is 12.4 Å². The summed E-state index contributed by atoms with van der Waals surface area (Å²) in [6.07, 6.45) is 1.37. The van der Waals surface area contributed by atoms with Crippen molar-refractivity contribution < 1.29 is 9.50 Å². The number of nitrogens with one attached hydrogen (secondary N) is 1. The van der Waals surface area contributed by atoms with Crippen molar-refractivity contribution in [1.29, 1.82) is 0 Å². The molecule has 1 atom stereocenters. The summed E-state index contributed by atoms with van der Waals surface area (Å²) in [5.41, 5.74) is 0.569. The van der Waals surface area contributed by atoms with Crippen LogP contribution in [0.4, 0.5) is 4.39 Å². The van der Waals surface area contributed by atoms with Gasteiger partial charge in [0.25, 0.3) is 0 Å². The second-order valence-electron chi connectivity index (χ2n) is 4.80. The molecule has 2 rings (SSSR count). The van der Waals surface area contributed by atoms with Crippen LogP contribution in [-0.4, -0.2) is 42.8 Å². The highest BCUT2D eigenvalue weighted by Gasteiger charge is 2.26. The minimum absolute atomic E-state index is 0. The van der Waals surface area contributed by atoms with Crippen molar-refractivity contribution in [3.63, 3.8) is 0 Å². The van der Waals surface area contributed by atoms with E-state index in [0.717, 1.165) is 32.6 Å². The van der Waals surface area contributed by atoms with E-state index in [1.54, 1.807) is 12.1 Å². The molecule has 1 aromatic rings. The van der Waals surface area contributed by atoms with Gasteiger partial charge < -0.3 is 10.4 Å². The highest BCUT2D eigenvalue weighted by molar-refractivity contribution is 6.31. The Morgan fingerprint density at radius 1 is 1.35 bits per heavy atom. The highest BCUT2D eigenvalue weighted by Crippen LogP contribution is 2.33. The Hall–Kier alpha value is -0.390. The summed E-state index contributed by atoms with van der Waals surface area (Å²) >= 11 is 6.18. The van der Waals surface area contributed by atoms with Gasteiger partial charge in [0, 0.05) is 49.4 Å². The molecule has 0 aromatic heterocycles. The minimum atomic E-state index is -0.256. The van der Waals surface area contributed by atoms with Gasteiger partial charge in [-0.3, -0.25) is 4.90 Å². The Morgan fingerprint density at radius 3 is 2.65 bits per heavy atom. The molecule has 1 heterocycles. The van der Waals surface area contributed by atoms with Crippen LogP contribution in [-0.2, 0) is 0 Å². The second kappa shape index (κ2) is 8.80. The van der Waals surface area contributed by atoms with Crippen LogP contribution < -0.4 is 5.32 Å². The van der Waals surface area contributed by atoms with Crippen molar-refractivity contribution in [2.24, 2.45) is 0 Å². The predicted molar refractivity (Wildman–Crippen MR) is 82.2 cm³/mol. The topological polar surface area (TPSA) is 35.5 Å². The zero-order valence-electron chi connectivity index (χ0n) is 11.3. The first-order chi connectivity index (χ1) is 9.24. The van der Waals surface area contributed by atoms with Crippen LogP contribution in [0.1, 0.15) is 24.4 Å². The maximum absolute atomic E-state index is 14.1. The Bertz CT molecular complexity index is 394. The minimum Gasteiger partial charge on any atom is -0.396 e. The smallest absolute Gasteiger partial charge is 0.129 e. The lowest BCUT2D eigenvalue weighted by Gasteiger charge is -2.35. The summed E-state index contributed by atoms with van der Waals surface area (Å²) in [5, 5.41) is 12.8. The standard InChI is InChI=1S/C14H20ClFN2O.ClH/c15-11-3-1-4-12(16)14(11)13(5-2-10-19)18-8-6-17-7-9-18;/h1,3-4,13,17,19H,2,5-10H2;1H/t13-;/m0./s1. The molecule has 3 nitrogen and oxygen atoms in total. The Kier molecular flexibility index (Phi) is 7.77. The lowest BCUT2D eigenvalue weighted by atomic mass is 9.99. The lowest BCUT2D eigenvalue weighted by molar-refractivity contribution is 0.152. The lowest BCUT2D eigenvalue weighted by Crippen LogP contribution is -2.45. The number of piperazine rings is 1. The number of nitrogens with zero attached hydrogens (tertiary/aromatic N) is 1. The summed E-state index contributed by atoms with van der Waals surface area (Å²) in [6, 6.07) is 4.76. The molecule has 0 spiro atoms. The highest BCUT2D eigenvalue weighted by atomic mass is 35.5. The molecule has 1 saturated heterocycles. The van der Waals surface area contributed by atoms with E-state index in [2.05, 4.69) is 10.2 Å². The fourth-order valence-electron chi connectivity index (χ4n) is 2.62. The molecule has 0 radical (unpaired) electrons. The first kappa shape index (κ1) is 17.7. The molecule has 6 heteroatoms. The molecule has 114 valence electrons. The molecule has 1 fully saturated rings. The monoisotopic (exact) mass is 322 g/mol. The van der Waals surface area contributed by atoms with Crippen molar-refractivity contribution in [3.8, 4) is 0 Å². The van der Waals surface area contributed by atoms with Crippen molar-refractivity contribution >= 4 is 24.0 Å². The molecule has 0 amide bonds. The van der Waals surface area contributed by atoms with Crippen molar-refractivity contribution in [2.75, 3.05) is 32.8 Å². The van der Waals surface area contributed by atoms with Gasteiger partial charge in [0.15, 0.2) is 0 Å². The Balaban J connectivity index is 0.00000200. The van der Waals surface area contributed by atoms with Crippen LogP contribution in [0.2, 0.25) is 5.02 Å². The zero-order chi connectivity index (χ0) is 13.7. The summed E-state index contributed by atoms with van der Waals surface area (Å²) in [6.45, 7) is 3.68. The van der Waals surface area contributed by atoms with Crippen molar-refractivity contribution in [2.45, 2.75) is 18.9 Å². The number of benzene rings is 1. The molecule has 0 unspecified atom stereocenters. The van der Waals surface area contributed by atoms with E-state index in [9.17, 15) is 4.39 Å². The molecule has 0 bridgehead atoms. The van der Waals surface area contributed by atoms with Crippen molar-refractivity contribution in [3.05, 3.63) is 34.6 Å². The summed E-state index contributed by atoms with van der Waals surface area (Å²) < 4.78 is 14.1. The third kappa shape index (κ3) is 4.30. The van der Waals surface area contributed by atoms with E-state index in [0.29, 0.717) is 17.0 Å². The molecule has 1 aliphatic rings. The van der Waals surface area contributed by atoms with Gasteiger partial charge in [-0.05, 0) is 25.0 Å².